The lowest BCUT2D eigenvalue weighted by molar-refractivity contribution is -0.137. The number of hydrogen-bond donors (Lipinski definition) is 2. The lowest BCUT2D eigenvalue weighted by atomic mass is 10.1. The van der Waals surface area contributed by atoms with Gasteiger partial charge in [0.2, 0.25) is 10.0 Å². The molecule has 1 heterocycles. The van der Waals surface area contributed by atoms with Gasteiger partial charge in [-0.1, -0.05) is 6.92 Å². The van der Waals surface area contributed by atoms with Crippen LogP contribution in [0.4, 0.5) is 0 Å². The zero-order valence-electron chi connectivity index (χ0n) is 10.2. The van der Waals surface area contributed by atoms with Gasteiger partial charge in [-0.2, -0.15) is 5.26 Å². The molecule has 7 nitrogen and oxygen atoms in total. The summed E-state index contributed by atoms with van der Waals surface area (Å²) in [5.41, 5.74) is -0.194. The Balaban J connectivity index is 2.82. The third-order valence-corrected chi connectivity index (χ3v) is 3.77. The third-order valence-electron chi connectivity index (χ3n) is 2.31. The monoisotopic (exact) mass is 283 g/mol. The molecule has 0 fully saturated rings. The second-order valence-electron chi connectivity index (χ2n) is 4.02. The summed E-state index contributed by atoms with van der Waals surface area (Å²) in [6.45, 7) is 1.60. The number of nitrogens with zero attached hydrogens (tertiary/aromatic N) is 2. The Morgan fingerprint density at radius 3 is 2.89 bits per heavy atom. The van der Waals surface area contributed by atoms with E-state index in [0.29, 0.717) is 0 Å². The zero-order valence-corrected chi connectivity index (χ0v) is 11.0. The van der Waals surface area contributed by atoms with Crippen LogP contribution in [0.1, 0.15) is 19.0 Å². The highest BCUT2D eigenvalue weighted by Gasteiger charge is 2.20. The van der Waals surface area contributed by atoms with Crippen molar-refractivity contribution in [2.75, 3.05) is 6.54 Å². The molecule has 0 aliphatic carbocycles. The average Bonchev–Trinajstić information content (AvgIpc) is 2.36. The summed E-state index contributed by atoms with van der Waals surface area (Å²) in [6.07, 6.45) is 1.19. The van der Waals surface area contributed by atoms with E-state index in [2.05, 4.69) is 9.71 Å². The molecule has 0 aromatic carbocycles. The number of nitriles is 1. The predicted molar refractivity (Wildman–Crippen MR) is 65.6 cm³/mol. The molecule has 0 radical (unpaired) electrons. The molecule has 0 aliphatic rings. The van der Waals surface area contributed by atoms with E-state index in [0.717, 1.165) is 0 Å². The SMILES string of the molecule is CC(CNS(=O)(=O)c1cccnc1C#N)CC(=O)O. The lowest BCUT2D eigenvalue weighted by Crippen LogP contribution is -2.30. The predicted octanol–water partition coefficient (Wildman–Crippen LogP) is 0.342. The molecule has 8 heteroatoms. The van der Waals surface area contributed by atoms with Crippen LogP contribution in [0.2, 0.25) is 0 Å². The van der Waals surface area contributed by atoms with Crippen molar-refractivity contribution in [3.63, 3.8) is 0 Å². The highest BCUT2D eigenvalue weighted by atomic mass is 32.2. The number of aliphatic carboxylic acids is 1. The lowest BCUT2D eigenvalue weighted by Gasteiger charge is -2.11. The van der Waals surface area contributed by atoms with Crippen molar-refractivity contribution in [3.8, 4) is 6.07 Å². The second kappa shape index (κ2) is 6.26. The van der Waals surface area contributed by atoms with Crippen molar-refractivity contribution in [2.45, 2.75) is 18.2 Å². The number of carbonyl (C=O) groups is 1. The van der Waals surface area contributed by atoms with Crippen molar-refractivity contribution in [3.05, 3.63) is 24.0 Å². The maximum absolute atomic E-state index is 12.0. The molecule has 0 saturated carbocycles. The van der Waals surface area contributed by atoms with Gasteiger partial charge < -0.3 is 5.11 Å². The maximum atomic E-state index is 12.0. The van der Waals surface area contributed by atoms with Gasteiger partial charge in [-0.3, -0.25) is 4.79 Å². The Labute approximate surface area is 110 Å². The van der Waals surface area contributed by atoms with Gasteiger partial charge in [0.15, 0.2) is 5.69 Å². The van der Waals surface area contributed by atoms with E-state index >= 15 is 0 Å². The molecular weight excluding hydrogens is 270 g/mol. The second-order valence-corrected chi connectivity index (χ2v) is 5.75. The van der Waals surface area contributed by atoms with Gasteiger partial charge in [0, 0.05) is 19.2 Å². The summed E-state index contributed by atoms with van der Waals surface area (Å²) in [5, 5.41) is 17.4. The Bertz CT molecular complexity index is 607. The number of carboxylic acids is 1. The number of pyridine rings is 1. The fraction of sp³-hybridized carbons (Fsp3) is 0.364. The molecule has 19 heavy (non-hydrogen) atoms. The van der Waals surface area contributed by atoms with Gasteiger partial charge in [-0.15, -0.1) is 0 Å². The van der Waals surface area contributed by atoms with E-state index in [9.17, 15) is 13.2 Å². The smallest absolute Gasteiger partial charge is 0.303 e. The van der Waals surface area contributed by atoms with E-state index in [1.807, 2.05) is 0 Å². The summed E-state index contributed by atoms with van der Waals surface area (Å²) in [4.78, 5) is 13.9. The first-order valence-corrected chi connectivity index (χ1v) is 6.91. The molecule has 0 amide bonds. The van der Waals surface area contributed by atoms with Crippen molar-refractivity contribution < 1.29 is 18.3 Å². The number of hydrogen-bond acceptors (Lipinski definition) is 5. The highest BCUT2D eigenvalue weighted by molar-refractivity contribution is 7.89. The quantitative estimate of drug-likeness (QED) is 0.776. The van der Waals surface area contributed by atoms with Crippen molar-refractivity contribution in [1.82, 2.24) is 9.71 Å². The standard InChI is InChI=1S/C11H13N3O4S/c1-8(5-11(15)16)7-14-19(17,18)10-3-2-4-13-9(10)6-12/h2-4,8,14H,5,7H2,1H3,(H,15,16). The van der Waals surface area contributed by atoms with Gasteiger partial charge in [-0.05, 0) is 18.1 Å². The van der Waals surface area contributed by atoms with Crippen molar-refractivity contribution >= 4 is 16.0 Å². The molecule has 0 saturated heterocycles. The number of aromatic nitrogens is 1. The Kier molecular flexibility index (Phi) is 4.97. The third kappa shape index (κ3) is 4.31. The molecule has 1 aromatic rings. The van der Waals surface area contributed by atoms with Crippen molar-refractivity contribution in [1.29, 1.82) is 5.26 Å². The molecule has 2 N–H and O–H groups in total. The van der Waals surface area contributed by atoms with Crippen molar-refractivity contribution in [2.24, 2.45) is 5.92 Å². The van der Waals surface area contributed by atoms with Crippen LogP contribution in [0.3, 0.4) is 0 Å². The highest BCUT2D eigenvalue weighted by Crippen LogP contribution is 2.12. The van der Waals surface area contributed by atoms with E-state index in [-0.39, 0.29) is 29.5 Å². The molecule has 0 spiro atoms. The molecular formula is C11H13N3O4S. The molecule has 1 aromatic heterocycles. The molecule has 1 atom stereocenters. The first kappa shape index (κ1) is 15.1. The van der Waals surface area contributed by atoms with E-state index < -0.39 is 16.0 Å². The van der Waals surface area contributed by atoms with E-state index in [4.69, 9.17) is 10.4 Å². The summed E-state index contributed by atoms with van der Waals surface area (Å²) in [6, 6.07) is 4.38. The Morgan fingerprint density at radius 1 is 1.63 bits per heavy atom. The molecule has 1 rings (SSSR count). The summed E-state index contributed by atoms with van der Waals surface area (Å²) < 4.78 is 26.2. The van der Waals surface area contributed by atoms with Crippen LogP contribution in [0.25, 0.3) is 0 Å². The van der Waals surface area contributed by atoms with Crippen LogP contribution in [0.5, 0.6) is 0 Å². The Hall–Kier alpha value is -1.98. The molecule has 102 valence electrons. The zero-order chi connectivity index (χ0) is 14.5. The first-order chi connectivity index (χ1) is 8.86. The minimum atomic E-state index is -3.86. The minimum Gasteiger partial charge on any atom is -0.481 e. The number of nitrogens with one attached hydrogen (secondary N) is 1. The largest absolute Gasteiger partial charge is 0.481 e. The maximum Gasteiger partial charge on any atom is 0.303 e. The van der Waals surface area contributed by atoms with Gasteiger partial charge in [-0.25, -0.2) is 18.1 Å². The fourth-order valence-electron chi connectivity index (χ4n) is 1.39. The van der Waals surface area contributed by atoms with Crippen LogP contribution in [-0.4, -0.2) is 31.0 Å². The van der Waals surface area contributed by atoms with E-state index in [1.165, 1.54) is 18.3 Å². The van der Waals surface area contributed by atoms with Gasteiger partial charge in [0.25, 0.3) is 0 Å². The average molecular weight is 283 g/mol. The minimum absolute atomic E-state index is 0.0194. The number of carboxylic acid groups (broad SMARTS) is 1. The van der Waals surface area contributed by atoms with Crippen LogP contribution in [-0.2, 0) is 14.8 Å². The molecule has 0 bridgehead atoms. The van der Waals surface area contributed by atoms with Crippen LogP contribution in [0, 0.1) is 17.2 Å². The van der Waals surface area contributed by atoms with E-state index in [1.54, 1.807) is 13.0 Å². The summed E-state index contributed by atoms with van der Waals surface area (Å²) >= 11 is 0. The normalized spacial score (nSPS) is 12.6. The topological polar surface area (TPSA) is 120 Å². The van der Waals surface area contributed by atoms with Gasteiger partial charge in [0.1, 0.15) is 11.0 Å². The first-order valence-electron chi connectivity index (χ1n) is 5.43. The summed E-state index contributed by atoms with van der Waals surface area (Å²) in [5.74, 6) is -1.35. The number of sulfonamides is 1. The van der Waals surface area contributed by atoms with Gasteiger partial charge in [0.05, 0.1) is 0 Å². The van der Waals surface area contributed by atoms with Gasteiger partial charge >= 0.3 is 5.97 Å². The summed E-state index contributed by atoms with van der Waals surface area (Å²) in [7, 11) is -3.86. The number of rotatable bonds is 6. The molecule has 1 unspecified atom stereocenters. The van der Waals surface area contributed by atoms with Crippen LogP contribution >= 0.6 is 0 Å². The van der Waals surface area contributed by atoms with Crippen LogP contribution in [0.15, 0.2) is 23.2 Å². The molecule has 0 aliphatic heterocycles. The Morgan fingerprint density at radius 2 is 2.32 bits per heavy atom. The fourth-order valence-corrected chi connectivity index (χ4v) is 2.66. The van der Waals surface area contributed by atoms with Crippen LogP contribution < -0.4 is 4.72 Å².